The van der Waals surface area contributed by atoms with Gasteiger partial charge in [-0.05, 0) is 46.5 Å². The van der Waals surface area contributed by atoms with E-state index in [1.807, 2.05) is 20.8 Å². The Morgan fingerprint density at radius 3 is 1.82 bits per heavy atom. The van der Waals surface area contributed by atoms with Crippen molar-refractivity contribution < 1.29 is 28.8 Å². The molecule has 0 aliphatic carbocycles. The van der Waals surface area contributed by atoms with Gasteiger partial charge in [-0.25, -0.2) is 0 Å². The van der Waals surface area contributed by atoms with Crippen molar-refractivity contribution in [3.05, 3.63) is 0 Å². The number of hydrogen-bond acceptors (Lipinski definition) is 6. The zero-order valence-electron chi connectivity index (χ0n) is 26.8. The molecule has 0 aromatic heterocycles. The Balaban J connectivity index is 0.00000152. The molecule has 0 saturated carbocycles. The Morgan fingerprint density at radius 2 is 1.33 bits per heavy atom. The zero-order valence-corrected chi connectivity index (χ0v) is 26.8. The maximum atomic E-state index is 11.8. The summed E-state index contributed by atoms with van der Waals surface area (Å²) in [6.07, 6.45) is 22.4. The molecule has 1 saturated heterocycles. The smallest absolute Gasteiger partial charge is 0.305 e. The van der Waals surface area contributed by atoms with Crippen LogP contribution in [0.15, 0.2) is 0 Å². The summed E-state index contributed by atoms with van der Waals surface area (Å²) >= 11 is 0. The second-order valence-electron chi connectivity index (χ2n) is 11.8. The Labute approximate surface area is 242 Å². The lowest BCUT2D eigenvalue weighted by Gasteiger charge is -2.21. The topological polar surface area (TPSA) is 74.2 Å². The van der Waals surface area contributed by atoms with Gasteiger partial charge in [0, 0.05) is 13.5 Å². The quantitative estimate of drug-likeness (QED) is 0.0941. The molecule has 0 aromatic carbocycles. The lowest BCUT2D eigenvalue weighted by molar-refractivity contribution is -0.144. The van der Waals surface area contributed by atoms with Crippen molar-refractivity contribution in [2.75, 3.05) is 20.3 Å². The molecule has 39 heavy (non-hydrogen) atoms. The highest BCUT2D eigenvalue weighted by molar-refractivity contribution is 5.69. The number of hydrogen-bond donors (Lipinski definition) is 1. The molecule has 1 rings (SSSR count). The number of rotatable bonds is 24. The van der Waals surface area contributed by atoms with E-state index >= 15 is 0 Å². The summed E-state index contributed by atoms with van der Waals surface area (Å²) in [5.74, 6) is -0.370. The molecule has 0 aromatic rings. The first-order chi connectivity index (χ1) is 18.8. The van der Waals surface area contributed by atoms with Gasteiger partial charge in [-0.15, -0.1) is 0 Å². The monoisotopic (exact) mass is 558 g/mol. The highest BCUT2D eigenvalue weighted by Crippen LogP contribution is 2.21. The molecular weight excluding hydrogens is 492 g/mol. The molecule has 6 heteroatoms. The van der Waals surface area contributed by atoms with Crippen LogP contribution in [-0.2, 0) is 23.7 Å². The third kappa shape index (κ3) is 24.8. The third-order valence-corrected chi connectivity index (χ3v) is 7.37. The normalized spacial score (nSPS) is 17.9. The van der Waals surface area contributed by atoms with Crippen molar-refractivity contribution in [1.29, 1.82) is 0 Å². The maximum Gasteiger partial charge on any atom is 0.305 e. The first-order valence-electron chi connectivity index (χ1n) is 16.4. The van der Waals surface area contributed by atoms with Crippen LogP contribution in [0.5, 0.6) is 0 Å². The summed E-state index contributed by atoms with van der Waals surface area (Å²) in [5, 5.41) is 10.4. The average molecular weight is 559 g/mol. The molecule has 3 atom stereocenters. The largest absolute Gasteiger partial charge is 0.466 e. The van der Waals surface area contributed by atoms with E-state index in [-0.39, 0.29) is 30.1 Å². The van der Waals surface area contributed by atoms with Crippen LogP contribution in [0.3, 0.4) is 0 Å². The van der Waals surface area contributed by atoms with Gasteiger partial charge in [0.2, 0.25) is 0 Å². The van der Waals surface area contributed by atoms with Crippen LogP contribution >= 0.6 is 0 Å². The number of esters is 1. The lowest BCUT2D eigenvalue weighted by atomic mass is 9.99. The number of methoxy groups -OCH3 is 1. The van der Waals surface area contributed by atoms with E-state index in [2.05, 4.69) is 13.8 Å². The molecule has 234 valence electrons. The van der Waals surface area contributed by atoms with Gasteiger partial charge in [0.15, 0.2) is 5.79 Å². The SMILES string of the molecule is CC1COC(C)(C)O1.CCCCCCCCOC(=O)CCCCCCCC(OC)C(O)CCCCCCCC. The number of aliphatic hydroxyl groups is 1. The summed E-state index contributed by atoms with van der Waals surface area (Å²) in [5.41, 5.74) is 0. The summed E-state index contributed by atoms with van der Waals surface area (Å²) in [7, 11) is 1.71. The fourth-order valence-electron chi connectivity index (χ4n) is 4.94. The first kappa shape index (κ1) is 38.3. The highest BCUT2D eigenvalue weighted by Gasteiger charge is 2.29. The van der Waals surface area contributed by atoms with Crippen LogP contribution in [0.2, 0.25) is 0 Å². The Bertz CT molecular complexity index is 538. The molecular formula is C33H66O6. The van der Waals surface area contributed by atoms with Crippen LogP contribution in [-0.4, -0.2) is 55.5 Å². The Hall–Kier alpha value is -0.690. The van der Waals surface area contributed by atoms with Crippen molar-refractivity contribution in [2.45, 2.75) is 187 Å². The predicted octanol–water partition coefficient (Wildman–Crippen LogP) is 8.91. The van der Waals surface area contributed by atoms with Gasteiger partial charge in [0.1, 0.15) is 0 Å². The van der Waals surface area contributed by atoms with Gasteiger partial charge in [-0.3, -0.25) is 4.79 Å². The molecule has 3 unspecified atom stereocenters. The van der Waals surface area contributed by atoms with E-state index < -0.39 is 0 Å². The summed E-state index contributed by atoms with van der Waals surface area (Å²) in [6.45, 7) is 11.6. The number of carbonyl (C=O) groups excluding carboxylic acids is 1. The van der Waals surface area contributed by atoms with E-state index in [9.17, 15) is 9.90 Å². The molecule has 1 fully saturated rings. The van der Waals surface area contributed by atoms with Gasteiger partial charge < -0.3 is 24.1 Å². The van der Waals surface area contributed by atoms with E-state index in [0.717, 1.165) is 64.4 Å². The molecule has 6 nitrogen and oxygen atoms in total. The average Bonchev–Trinajstić information content (AvgIpc) is 3.23. The van der Waals surface area contributed by atoms with Crippen LogP contribution in [0, 0.1) is 0 Å². The van der Waals surface area contributed by atoms with Gasteiger partial charge >= 0.3 is 5.97 Å². The summed E-state index contributed by atoms with van der Waals surface area (Å²) in [6, 6.07) is 0. The summed E-state index contributed by atoms with van der Waals surface area (Å²) in [4.78, 5) is 11.8. The zero-order chi connectivity index (χ0) is 29.2. The third-order valence-electron chi connectivity index (χ3n) is 7.37. The molecule has 1 aliphatic heterocycles. The minimum atomic E-state index is -0.336. The fraction of sp³-hybridized carbons (Fsp3) is 0.970. The Morgan fingerprint density at radius 1 is 0.821 bits per heavy atom. The highest BCUT2D eigenvalue weighted by atomic mass is 16.7. The van der Waals surface area contributed by atoms with Crippen LogP contribution in [0.25, 0.3) is 0 Å². The minimum absolute atomic E-state index is 0.0346. The standard InChI is InChI=1S/C27H54O4.C6H12O2/c1-4-6-8-10-13-17-21-25(28)26(30-3)22-18-14-12-15-19-23-27(29)31-24-20-16-11-9-7-5-2;1-5-4-7-6(2,3)8-5/h25-26,28H,4-24H2,1-3H3;5H,4H2,1-3H3. The number of unbranched alkanes of at least 4 members (excludes halogenated alkanes) is 14. The van der Waals surface area contributed by atoms with Crippen LogP contribution in [0.1, 0.15) is 163 Å². The van der Waals surface area contributed by atoms with E-state index in [4.69, 9.17) is 18.9 Å². The molecule has 0 spiro atoms. The van der Waals surface area contributed by atoms with Crippen molar-refractivity contribution in [3.63, 3.8) is 0 Å². The second-order valence-corrected chi connectivity index (χ2v) is 11.8. The van der Waals surface area contributed by atoms with E-state index in [0.29, 0.717) is 13.0 Å². The van der Waals surface area contributed by atoms with Gasteiger partial charge in [-0.2, -0.15) is 0 Å². The second kappa shape index (κ2) is 26.2. The Kier molecular flexibility index (Phi) is 25.8. The number of aliphatic hydroxyl groups excluding tert-OH is 1. The van der Waals surface area contributed by atoms with E-state index in [1.165, 1.54) is 64.2 Å². The van der Waals surface area contributed by atoms with Crippen molar-refractivity contribution >= 4 is 5.97 Å². The molecule has 1 aliphatic rings. The maximum absolute atomic E-state index is 11.8. The summed E-state index contributed by atoms with van der Waals surface area (Å²) < 4.78 is 21.4. The molecule has 0 amide bonds. The molecule has 1 heterocycles. The molecule has 1 N–H and O–H groups in total. The predicted molar refractivity (Wildman–Crippen MR) is 162 cm³/mol. The van der Waals surface area contributed by atoms with E-state index in [1.54, 1.807) is 7.11 Å². The molecule has 0 radical (unpaired) electrons. The number of carbonyl (C=O) groups is 1. The first-order valence-corrected chi connectivity index (χ1v) is 16.4. The molecule has 0 bridgehead atoms. The fourth-order valence-corrected chi connectivity index (χ4v) is 4.94. The van der Waals surface area contributed by atoms with Gasteiger partial charge in [-0.1, -0.05) is 110 Å². The lowest BCUT2D eigenvalue weighted by Crippen LogP contribution is -2.27. The van der Waals surface area contributed by atoms with Crippen molar-refractivity contribution in [2.24, 2.45) is 0 Å². The van der Waals surface area contributed by atoms with Gasteiger partial charge in [0.05, 0.1) is 31.5 Å². The van der Waals surface area contributed by atoms with Crippen LogP contribution < -0.4 is 0 Å². The van der Waals surface area contributed by atoms with Crippen molar-refractivity contribution in [1.82, 2.24) is 0 Å². The van der Waals surface area contributed by atoms with Crippen molar-refractivity contribution in [3.8, 4) is 0 Å². The number of ether oxygens (including phenoxy) is 4. The minimum Gasteiger partial charge on any atom is -0.466 e. The van der Waals surface area contributed by atoms with Crippen LogP contribution in [0.4, 0.5) is 0 Å². The van der Waals surface area contributed by atoms with Gasteiger partial charge in [0.25, 0.3) is 0 Å².